The van der Waals surface area contributed by atoms with Crippen LogP contribution >= 0.6 is 0 Å². The quantitative estimate of drug-likeness (QED) is 0.528. The van der Waals surface area contributed by atoms with Crippen molar-refractivity contribution < 1.29 is 24.3 Å². The van der Waals surface area contributed by atoms with Crippen molar-refractivity contribution in [2.45, 2.75) is 90.8 Å². The molecule has 3 rings (SSSR count). The number of fused-ring (bicyclic) bond motifs is 1. The van der Waals surface area contributed by atoms with Crippen LogP contribution in [0.1, 0.15) is 83.1 Å². The van der Waals surface area contributed by atoms with Crippen molar-refractivity contribution in [1.29, 1.82) is 0 Å². The summed E-state index contributed by atoms with van der Waals surface area (Å²) in [7, 11) is 0. The van der Waals surface area contributed by atoms with Gasteiger partial charge in [-0.05, 0) is 54.2 Å². The van der Waals surface area contributed by atoms with Crippen LogP contribution in [0.2, 0.25) is 0 Å². The minimum atomic E-state index is -1.12. The molecule has 0 saturated carbocycles. The highest BCUT2D eigenvalue weighted by Gasteiger charge is 2.51. The molecule has 0 aliphatic carbocycles. The lowest BCUT2D eigenvalue weighted by Crippen LogP contribution is -2.46. The smallest absolute Gasteiger partial charge is 0.252 e. The van der Waals surface area contributed by atoms with Crippen molar-refractivity contribution >= 4 is 23.5 Å². The summed E-state index contributed by atoms with van der Waals surface area (Å²) in [6.45, 7) is 13.0. The average molecular weight is 514 g/mol. The monoisotopic (exact) mass is 513 g/mol. The SMILES string of the molecule is CC(C)CC(O)C(=O)N1CC(=O)C2C1CCN2C(=O)CC(C)CCNC(=O)c1ccc(C(C)(C)C)cc1. The molecule has 2 fully saturated rings. The van der Waals surface area contributed by atoms with Crippen LogP contribution in [0.5, 0.6) is 0 Å². The fraction of sp³-hybridized carbons (Fsp3) is 0.655. The first-order chi connectivity index (χ1) is 17.3. The molecule has 2 N–H and O–H groups in total. The van der Waals surface area contributed by atoms with E-state index in [1.165, 1.54) is 10.5 Å². The van der Waals surface area contributed by atoms with Gasteiger partial charge in [-0.1, -0.05) is 53.7 Å². The molecular formula is C29H43N3O5. The van der Waals surface area contributed by atoms with E-state index in [0.717, 1.165) is 0 Å². The summed E-state index contributed by atoms with van der Waals surface area (Å²) < 4.78 is 0. The molecule has 2 heterocycles. The zero-order valence-corrected chi connectivity index (χ0v) is 23.1. The minimum absolute atomic E-state index is 0.0252. The van der Waals surface area contributed by atoms with Crippen LogP contribution in [-0.2, 0) is 19.8 Å². The summed E-state index contributed by atoms with van der Waals surface area (Å²) in [5, 5.41) is 13.2. The van der Waals surface area contributed by atoms with Gasteiger partial charge in [0, 0.05) is 25.1 Å². The van der Waals surface area contributed by atoms with E-state index in [-0.39, 0.29) is 53.9 Å². The number of hydrogen-bond acceptors (Lipinski definition) is 5. The average Bonchev–Trinajstić information content (AvgIpc) is 3.39. The van der Waals surface area contributed by atoms with Gasteiger partial charge in [-0.3, -0.25) is 19.2 Å². The zero-order chi connectivity index (χ0) is 27.5. The topological polar surface area (TPSA) is 107 Å². The lowest BCUT2D eigenvalue weighted by Gasteiger charge is -2.27. The van der Waals surface area contributed by atoms with Crippen molar-refractivity contribution in [1.82, 2.24) is 15.1 Å². The van der Waals surface area contributed by atoms with Crippen molar-refractivity contribution in [2.24, 2.45) is 11.8 Å². The number of Topliss-reactive ketones (excluding diaryl/α,β-unsaturated/α-hetero) is 1. The second-order valence-corrected chi connectivity index (χ2v) is 12.1. The first-order valence-corrected chi connectivity index (χ1v) is 13.5. The molecule has 0 bridgehead atoms. The summed E-state index contributed by atoms with van der Waals surface area (Å²) >= 11 is 0. The van der Waals surface area contributed by atoms with E-state index < -0.39 is 18.1 Å². The van der Waals surface area contributed by atoms with Crippen molar-refractivity contribution in [3.05, 3.63) is 35.4 Å². The predicted octanol–water partition coefficient (Wildman–Crippen LogP) is 2.92. The predicted molar refractivity (Wildman–Crippen MR) is 142 cm³/mol. The molecule has 8 nitrogen and oxygen atoms in total. The second-order valence-electron chi connectivity index (χ2n) is 12.1. The summed E-state index contributed by atoms with van der Waals surface area (Å²) in [6.07, 6.45) is 0.680. The molecule has 0 aromatic heterocycles. The Bertz CT molecular complexity index is 998. The molecule has 2 saturated heterocycles. The van der Waals surface area contributed by atoms with Gasteiger partial charge in [-0.15, -0.1) is 0 Å². The molecule has 0 spiro atoms. The van der Waals surface area contributed by atoms with E-state index in [1.807, 2.05) is 45.0 Å². The second kappa shape index (κ2) is 11.8. The molecule has 1 aromatic carbocycles. The Hall–Kier alpha value is -2.74. The highest BCUT2D eigenvalue weighted by Crippen LogP contribution is 2.31. The molecule has 2 aliphatic heterocycles. The number of amides is 3. The van der Waals surface area contributed by atoms with Crippen LogP contribution < -0.4 is 5.32 Å². The van der Waals surface area contributed by atoms with Gasteiger partial charge in [-0.25, -0.2) is 0 Å². The number of benzene rings is 1. The van der Waals surface area contributed by atoms with Crippen LogP contribution in [0.25, 0.3) is 0 Å². The normalized spacial score (nSPS) is 21.2. The first kappa shape index (κ1) is 28.8. The Kier molecular flexibility index (Phi) is 9.16. The molecule has 1 aromatic rings. The Balaban J connectivity index is 1.47. The molecule has 3 amide bonds. The highest BCUT2D eigenvalue weighted by molar-refractivity contribution is 5.98. The lowest BCUT2D eigenvalue weighted by molar-refractivity contribution is -0.142. The van der Waals surface area contributed by atoms with Gasteiger partial charge < -0.3 is 20.2 Å². The van der Waals surface area contributed by atoms with Crippen molar-refractivity contribution in [3.8, 4) is 0 Å². The van der Waals surface area contributed by atoms with Crippen LogP contribution in [0.15, 0.2) is 24.3 Å². The number of ketones is 1. The maximum atomic E-state index is 13.1. The number of aliphatic hydroxyl groups excluding tert-OH is 1. The lowest BCUT2D eigenvalue weighted by atomic mass is 9.87. The number of nitrogens with one attached hydrogen (secondary N) is 1. The first-order valence-electron chi connectivity index (χ1n) is 13.5. The molecule has 0 radical (unpaired) electrons. The number of carbonyl (C=O) groups is 4. The molecule has 2 aliphatic rings. The summed E-state index contributed by atoms with van der Waals surface area (Å²) in [5.41, 5.74) is 1.80. The maximum absolute atomic E-state index is 13.1. The summed E-state index contributed by atoms with van der Waals surface area (Å²) in [6, 6.07) is 6.64. The third-order valence-electron chi connectivity index (χ3n) is 7.46. The van der Waals surface area contributed by atoms with E-state index in [1.54, 1.807) is 4.90 Å². The van der Waals surface area contributed by atoms with Gasteiger partial charge in [0.1, 0.15) is 12.1 Å². The number of carbonyl (C=O) groups excluding carboxylic acids is 4. The summed E-state index contributed by atoms with van der Waals surface area (Å²) in [5.74, 6) is -0.608. The third kappa shape index (κ3) is 6.98. The van der Waals surface area contributed by atoms with E-state index >= 15 is 0 Å². The van der Waals surface area contributed by atoms with Crippen LogP contribution in [0.4, 0.5) is 0 Å². The van der Waals surface area contributed by atoms with Crippen LogP contribution in [0, 0.1) is 11.8 Å². The molecule has 4 atom stereocenters. The number of hydrogen-bond donors (Lipinski definition) is 2. The highest BCUT2D eigenvalue weighted by atomic mass is 16.3. The molecular weight excluding hydrogens is 470 g/mol. The number of rotatable bonds is 9. The van der Waals surface area contributed by atoms with Gasteiger partial charge in [0.25, 0.3) is 11.8 Å². The molecule has 8 heteroatoms. The fourth-order valence-corrected chi connectivity index (χ4v) is 5.30. The Morgan fingerprint density at radius 2 is 1.73 bits per heavy atom. The third-order valence-corrected chi connectivity index (χ3v) is 7.46. The molecule has 37 heavy (non-hydrogen) atoms. The van der Waals surface area contributed by atoms with Crippen molar-refractivity contribution in [2.75, 3.05) is 19.6 Å². The van der Waals surface area contributed by atoms with E-state index in [0.29, 0.717) is 37.9 Å². The Labute approximate surface area is 220 Å². The number of likely N-dealkylation sites (tertiary alicyclic amines) is 2. The van der Waals surface area contributed by atoms with Gasteiger partial charge in [-0.2, -0.15) is 0 Å². The van der Waals surface area contributed by atoms with Crippen molar-refractivity contribution in [3.63, 3.8) is 0 Å². The van der Waals surface area contributed by atoms with E-state index in [2.05, 4.69) is 26.1 Å². The molecule has 4 unspecified atom stereocenters. The van der Waals surface area contributed by atoms with Crippen LogP contribution in [0.3, 0.4) is 0 Å². The largest absolute Gasteiger partial charge is 0.383 e. The van der Waals surface area contributed by atoms with Gasteiger partial charge in [0.2, 0.25) is 5.91 Å². The number of nitrogens with zero attached hydrogens (tertiary/aromatic N) is 2. The standard InChI is InChI=1S/C29H43N3O5/c1-18(2)15-23(33)28(37)32-17-24(34)26-22(32)12-14-31(26)25(35)16-19(3)11-13-30-27(36)20-7-9-21(10-8-20)29(4,5)6/h7-10,18-19,22-23,26,33H,11-17H2,1-6H3,(H,30,36). The fourth-order valence-electron chi connectivity index (χ4n) is 5.30. The Morgan fingerprint density at radius 1 is 1.08 bits per heavy atom. The summed E-state index contributed by atoms with van der Waals surface area (Å²) in [4.78, 5) is 54.1. The Morgan fingerprint density at radius 3 is 2.32 bits per heavy atom. The van der Waals surface area contributed by atoms with Gasteiger partial charge in [0.15, 0.2) is 5.78 Å². The maximum Gasteiger partial charge on any atom is 0.252 e. The van der Waals surface area contributed by atoms with E-state index in [4.69, 9.17) is 0 Å². The molecule has 204 valence electrons. The van der Waals surface area contributed by atoms with Crippen LogP contribution in [-0.4, -0.2) is 76.2 Å². The van der Waals surface area contributed by atoms with Gasteiger partial charge in [0.05, 0.1) is 12.6 Å². The van der Waals surface area contributed by atoms with E-state index in [9.17, 15) is 24.3 Å². The minimum Gasteiger partial charge on any atom is -0.383 e. The number of aliphatic hydroxyl groups is 1. The zero-order valence-electron chi connectivity index (χ0n) is 23.1. The van der Waals surface area contributed by atoms with Gasteiger partial charge >= 0.3 is 0 Å².